The first-order valence-corrected chi connectivity index (χ1v) is 9.33. The SMILES string of the molecule is O=C(CCCN1C(=O)c2ccccc2C1=O)NCCNC(=O)c1ccc(F)cc1F. The molecule has 3 rings (SSSR count). The highest BCUT2D eigenvalue weighted by Crippen LogP contribution is 2.22. The summed E-state index contributed by atoms with van der Waals surface area (Å²) < 4.78 is 26.4. The highest BCUT2D eigenvalue weighted by Gasteiger charge is 2.34. The smallest absolute Gasteiger partial charge is 0.261 e. The van der Waals surface area contributed by atoms with Crippen LogP contribution in [0.1, 0.15) is 43.9 Å². The molecule has 2 aromatic rings. The normalized spacial score (nSPS) is 12.7. The average Bonchev–Trinajstić information content (AvgIpc) is 2.96. The molecule has 2 N–H and O–H groups in total. The van der Waals surface area contributed by atoms with Crippen LogP contribution in [-0.4, -0.2) is 48.2 Å². The molecule has 0 radical (unpaired) electrons. The van der Waals surface area contributed by atoms with Crippen LogP contribution in [0.15, 0.2) is 42.5 Å². The fraction of sp³-hybridized carbons (Fsp3) is 0.238. The Balaban J connectivity index is 1.35. The van der Waals surface area contributed by atoms with Gasteiger partial charge in [0.05, 0.1) is 16.7 Å². The largest absolute Gasteiger partial charge is 0.354 e. The molecule has 0 bridgehead atoms. The number of imide groups is 1. The second-order valence-electron chi connectivity index (χ2n) is 6.64. The van der Waals surface area contributed by atoms with E-state index >= 15 is 0 Å². The molecular weight excluding hydrogens is 396 g/mol. The summed E-state index contributed by atoms with van der Waals surface area (Å²) >= 11 is 0. The maximum Gasteiger partial charge on any atom is 0.261 e. The van der Waals surface area contributed by atoms with Crippen molar-refractivity contribution >= 4 is 23.6 Å². The molecule has 0 saturated heterocycles. The van der Waals surface area contributed by atoms with Gasteiger partial charge in [-0.2, -0.15) is 0 Å². The fourth-order valence-corrected chi connectivity index (χ4v) is 3.08. The third-order valence-electron chi connectivity index (χ3n) is 4.57. The van der Waals surface area contributed by atoms with E-state index in [1.807, 2.05) is 0 Å². The lowest BCUT2D eigenvalue weighted by atomic mass is 10.1. The van der Waals surface area contributed by atoms with Gasteiger partial charge in [0.2, 0.25) is 5.91 Å². The van der Waals surface area contributed by atoms with Crippen molar-refractivity contribution in [3.8, 4) is 0 Å². The van der Waals surface area contributed by atoms with Crippen LogP contribution in [0.5, 0.6) is 0 Å². The number of benzene rings is 2. The zero-order valence-corrected chi connectivity index (χ0v) is 15.9. The van der Waals surface area contributed by atoms with Gasteiger partial charge < -0.3 is 10.6 Å². The fourth-order valence-electron chi connectivity index (χ4n) is 3.08. The molecule has 2 aromatic carbocycles. The predicted molar refractivity (Wildman–Crippen MR) is 103 cm³/mol. The van der Waals surface area contributed by atoms with Gasteiger partial charge in [-0.25, -0.2) is 8.78 Å². The number of carbonyl (C=O) groups is 4. The van der Waals surface area contributed by atoms with Crippen molar-refractivity contribution in [3.63, 3.8) is 0 Å². The first-order valence-electron chi connectivity index (χ1n) is 9.33. The first-order chi connectivity index (χ1) is 14.4. The van der Waals surface area contributed by atoms with Crippen molar-refractivity contribution in [1.82, 2.24) is 15.5 Å². The molecule has 0 aromatic heterocycles. The topological polar surface area (TPSA) is 95.6 Å². The molecule has 0 atom stereocenters. The molecule has 1 aliphatic heterocycles. The molecule has 1 aliphatic rings. The zero-order valence-electron chi connectivity index (χ0n) is 15.9. The highest BCUT2D eigenvalue weighted by atomic mass is 19.1. The van der Waals surface area contributed by atoms with Crippen LogP contribution in [0.25, 0.3) is 0 Å². The van der Waals surface area contributed by atoms with Gasteiger partial charge in [-0.05, 0) is 30.7 Å². The molecule has 0 spiro atoms. The van der Waals surface area contributed by atoms with Crippen LogP contribution in [0.4, 0.5) is 8.78 Å². The van der Waals surface area contributed by atoms with Gasteiger partial charge in [0.15, 0.2) is 0 Å². The summed E-state index contributed by atoms with van der Waals surface area (Å²) in [4.78, 5) is 49.3. The van der Waals surface area contributed by atoms with Gasteiger partial charge in [0.1, 0.15) is 11.6 Å². The van der Waals surface area contributed by atoms with E-state index in [-0.39, 0.29) is 49.3 Å². The summed E-state index contributed by atoms with van der Waals surface area (Å²) in [6.07, 6.45) is 0.387. The van der Waals surface area contributed by atoms with Crippen molar-refractivity contribution < 1.29 is 28.0 Å². The van der Waals surface area contributed by atoms with Crippen molar-refractivity contribution in [2.75, 3.05) is 19.6 Å². The molecule has 1 heterocycles. The summed E-state index contributed by atoms with van der Waals surface area (Å²) in [5.41, 5.74) is 0.434. The van der Waals surface area contributed by atoms with Gasteiger partial charge in [-0.15, -0.1) is 0 Å². The van der Waals surface area contributed by atoms with E-state index in [9.17, 15) is 28.0 Å². The number of hydrogen-bond acceptors (Lipinski definition) is 4. The van der Waals surface area contributed by atoms with Crippen LogP contribution < -0.4 is 10.6 Å². The van der Waals surface area contributed by atoms with Crippen LogP contribution >= 0.6 is 0 Å². The van der Waals surface area contributed by atoms with Gasteiger partial charge in [-0.3, -0.25) is 24.1 Å². The quantitative estimate of drug-likeness (QED) is 0.508. The van der Waals surface area contributed by atoms with E-state index in [4.69, 9.17) is 0 Å². The van der Waals surface area contributed by atoms with E-state index in [0.29, 0.717) is 23.6 Å². The number of halogens is 2. The molecule has 30 heavy (non-hydrogen) atoms. The van der Waals surface area contributed by atoms with Crippen molar-refractivity contribution in [2.24, 2.45) is 0 Å². The predicted octanol–water partition coefficient (Wildman–Crippen LogP) is 1.89. The molecule has 0 saturated carbocycles. The second kappa shape index (κ2) is 9.25. The number of nitrogens with one attached hydrogen (secondary N) is 2. The first kappa shape index (κ1) is 21.1. The van der Waals surface area contributed by atoms with Gasteiger partial charge >= 0.3 is 0 Å². The maximum atomic E-state index is 13.5. The van der Waals surface area contributed by atoms with E-state index in [0.717, 1.165) is 17.0 Å². The second-order valence-corrected chi connectivity index (χ2v) is 6.64. The molecule has 0 unspecified atom stereocenters. The molecule has 9 heteroatoms. The Kier molecular flexibility index (Phi) is 6.51. The maximum absolute atomic E-state index is 13.5. The van der Waals surface area contributed by atoms with E-state index in [2.05, 4.69) is 10.6 Å². The standard InChI is InChI=1S/C21H19F2N3O4/c22-13-7-8-16(17(23)12-13)19(28)25-10-9-24-18(27)6-3-11-26-20(29)14-4-1-2-5-15(14)21(26)30/h1-2,4-5,7-8,12H,3,6,9-11H2,(H,24,27)(H,25,28). The Labute approximate surface area is 171 Å². The minimum atomic E-state index is -0.968. The molecule has 7 nitrogen and oxygen atoms in total. The van der Waals surface area contributed by atoms with Gasteiger partial charge in [0.25, 0.3) is 17.7 Å². The zero-order chi connectivity index (χ0) is 21.7. The van der Waals surface area contributed by atoms with Crippen molar-refractivity contribution in [1.29, 1.82) is 0 Å². The molecular formula is C21H19F2N3O4. The van der Waals surface area contributed by atoms with E-state index < -0.39 is 17.5 Å². The summed E-state index contributed by atoms with van der Waals surface area (Å²) in [5, 5.41) is 5.01. The highest BCUT2D eigenvalue weighted by molar-refractivity contribution is 6.21. The number of carbonyl (C=O) groups excluding carboxylic acids is 4. The minimum Gasteiger partial charge on any atom is -0.354 e. The minimum absolute atomic E-state index is 0.0554. The number of fused-ring (bicyclic) bond motifs is 1. The molecule has 4 amide bonds. The average molecular weight is 415 g/mol. The monoisotopic (exact) mass is 415 g/mol. The Bertz CT molecular complexity index is 974. The lowest BCUT2D eigenvalue weighted by Gasteiger charge is -2.13. The molecule has 0 aliphatic carbocycles. The Hall–Kier alpha value is -3.62. The van der Waals surface area contributed by atoms with Crippen LogP contribution in [-0.2, 0) is 4.79 Å². The van der Waals surface area contributed by atoms with Crippen molar-refractivity contribution in [3.05, 3.63) is 70.8 Å². The number of amides is 4. The number of rotatable bonds is 8. The Morgan fingerprint density at radius 3 is 2.17 bits per heavy atom. The lowest BCUT2D eigenvalue weighted by molar-refractivity contribution is -0.121. The number of nitrogens with zero attached hydrogens (tertiary/aromatic N) is 1. The molecule has 0 fully saturated rings. The summed E-state index contributed by atoms with van der Waals surface area (Å²) in [6.45, 7) is 0.292. The van der Waals surface area contributed by atoms with Crippen LogP contribution in [0.2, 0.25) is 0 Å². The number of hydrogen-bond donors (Lipinski definition) is 2. The van der Waals surface area contributed by atoms with Crippen molar-refractivity contribution in [2.45, 2.75) is 12.8 Å². The Morgan fingerprint density at radius 2 is 1.53 bits per heavy atom. The Morgan fingerprint density at radius 1 is 0.900 bits per heavy atom. The van der Waals surface area contributed by atoms with Crippen LogP contribution in [0, 0.1) is 11.6 Å². The summed E-state index contributed by atoms with van der Waals surface area (Å²) in [5.74, 6) is -3.51. The van der Waals surface area contributed by atoms with E-state index in [1.165, 1.54) is 0 Å². The van der Waals surface area contributed by atoms with Gasteiger partial charge in [-0.1, -0.05) is 12.1 Å². The van der Waals surface area contributed by atoms with Gasteiger partial charge in [0, 0.05) is 32.1 Å². The third-order valence-corrected chi connectivity index (χ3v) is 4.57. The lowest BCUT2D eigenvalue weighted by Crippen LogP contribution is -2.35. The van der Waals surface area contributed by atoms with E-state index in [1.54, 1.807) is 24.3 Å². The molecule has 156 valence electrons. The summed E-state index contributed by atoms with van der Waals surface area (Å²) in [6, 6.07) is 9.19. The summed E-state index contributed by atoms with van der Waals surface area (Å²) in [7, 11) is 0. The third kappa shape index (κ3) is 4.68. The van der Waals surface area contributed by atoms with Crippen LogP contribution in [0.3, 0.4) is 0 Å².